The predicted octanol–water partition coefficient (Wildman–Crippen LogP) is 3.61. The number of hydrogen-bond acceptors (Lipinski definition) is 4. The Labute approximate surface area is 146 Å². The Balaban J connectivity index is 2.68. The summed E-state index contributed by atoms with van der Waals surface area (Å²) in [6.07, 6.45) is 2.90. The molecule has 1 aliphatic rings. The molecule has 0 bridgehead atoms. The molecule has 0 atom stereocenters. The summed E-state index contributed by atoms with van der Waals surface area (Å²) in [6.45, 7) is 2.02. The van der Waals surface area contributed by atoms with Gasteiger partial charge in [0.1, 0.15) is 5.56 Å². The second-order valence-electron chi connectivity index (χ2n) is 5.84. The van der Waals surface area contributed by atoms with E-state index in [9.17, 15) is 23.5 Å². The van der Waals surface area contributed by atoms with Crippen LogP contribution in [0.25, 0.3) is 10.9 Å². The SMILES string of the molecule is CCn1c(SC)c(C(=O)O)c(=O)c2c(C3CC3)c(F)c(F)c(OC)c21. The number of carboxylic acids is 1. The van der Waals surface area contributed by atoms with Crippen LogP contribution in [0.1, 0.15) is 41.6 Å². The lowest BCUT2D eigenvalue weighted by molar-refractivity contribution is 0.0690. The number of carboxylic acid groups (broad SMARTS) is 1. The fourth-order valence-corrected chi connectivity index (χ4v) is 4.09. The molecular formula is C17H17F2NO4S. The summed E-state index contributed by atoms with van der Waals surface area (Å²) < 4.78 is 35.8. The molecule has 0 spiro atoms. The van der Waals surface area contributed by atoms with E-state index in [1.165, 1.54) is 11.7 Å². The third-order valence-electron chi connectivity index (χ3n) is 4.45. The zero-order valence-corrected chi connectivity index (χ0v) is 14.8. The van der Waals surface area contributed by atoms with Crippen LogP contribution in [0.15, 0.2) is 9.82 Å². The van der Waals surface area contributed by atoms with E-state index in [4.69, 9.17) is 4.74 Å². The molecule has 25 heavy (non-hydrogen) atoms. The maximum absolute atomic E-state index is 14.6. The van der Waals surface area contributed by atoms with Gasteiger partial charge in [0.05, 0.1) is 23.0 Å². The second-order valence-corrected chi connectivity index (χ2v) is 6.63. The summed E-state index contributed by atoms with van der Waals surface area (Å²) in [4.78, 5) is 24.6. The molecule has 2 aromatic rings. The molecule has 0 saturated heterocycles. The van der Waals surface area contributed by atoms with Crippen molar-refractivity contribution in [3.05, 3.63) is 33.0 Å². The highest BCUT2D eigenvalue weighted by atomic mass is 32.2. The van der Waals surface area contributed by atoms with Gasteiger partial charge in [-0.1, -0.05) is 0 Å². The van der Waals surface area contributed by atoms with E-state index >= 15 is 0 Å². The largest absolute Gasteiger partial charge is 0.491 e. The van der Waals surface area contributed by atoms with Crippen molar-refractivity contribution in [2.45, 2.75) is 37.3 Å². The van der Waals surface area contributed by atoms with Crippen LogP contribution in [0, 0.1) is 11.6 Å². The van der Waals surface area contributed by atoms with Gasteiger partial charge in [0, 0.05) is 12.1 Å². The number of pyridine rings is 1. The number of hydrogen-bond donors (Lipinski definition) is 1. The van der Waals surface area contributed by atoms with E-state index in [0.717, 1.165) is 11.8 Å². The number of thioether (sulfide) groups is 1. The molecule has 1 fully saturated rings. The average Bonchev–Trinajstić information content (AvgIpc) is 3.40. The zero-order chi connectivity index (χ0) is 18.5. The van der Waals surface area contributed by atoms with Crippen LogP contribution >= 0.6 is 11.8 Å². The number of fused-ring (bicyclic) bond motifs is 1. The van der Waals surface area contributed by atoms with E-state index in [1.54, 1.807) is 13.2 Å². The van der Waals surface area contributed by atoms with Crippen molar-refractivity contribution in [2.75, 3.05) is 13.4 Å². The minimum Gasteiger partial charge on any atom is -0.491 e. The highest BCUT2D eigenvalue weighted by Gasteiger charge is 2.36. The number of methoxy groups -OCH3 is 1. The Kier molecular flexibility index (Phi) is 4.49. The molecule has 1 saturated carbocycles. The molecule has 0 unspecified atom stereocenters. The molecule has 1 aliphatic carbocycles. The number of halogens is 2. The molecule has 1 N–H and O–H groups in total. The normalized spacial score (nSPS) is 14.1. The summed E-state index contributed by atoms with van der Waals surface area (Å²) >= 11 is 1.07. The Hall–Kier alpha value is -2.09. The molecule has 0 amide bonds. The highest BCUT2D eigenvalue weighted by Crippen LogP contribution is 2.47. The number of carbonyl (C=O) groups is 1. The first-order chi connectivity index (χ1) is 11.9. The Morgan fingerprint density at radius 3 is 2.44 bits per heavy atom. The van der Waals surface area contributed by atoms with Crippen molar-refractivity contribution in [1.82, 2.24) is 4.57 Å². The molecular weight excluding hydrogens is 352 g/mol. The first-order valence-corrected chi connectivity index (χ1v) is 9.04. The predicted molar refractivity (Wildman–Crippen MR) is 91.1 cm³/mol. The first-order valence-electron chi connectivity index (χ1n) is 7.81. The fraction of sp³-hybridized carbons (Fsp3) is 0.412. The molecule has 134 valence electrons. The fourth-order valence-electron chi connectivity index (χ4n) is 3.26. The average molecular weight is 369 g/mol. The van der Waals surface area contributed by atoms with Crippen LogP contribution in [0.3, 0.4) is 0 Å². The van der Waals surface area contributed by atoms with E-state index < -0.39 is 28.6 Å². The minimum absolute atomic E-state index is 0.0318. The third kappa shape index (κ3) is 2.50. The van der Waals surface area contributed by atoms with Gasteiger partial charge >= 0.3 is 5.97 Å². The standard InChI is InChI=1S/C17H17F2NO4S/c1-4-20-13-9(14(21)10(17(22)23)16(20)25-3)8(7-5-6-7)11(18)12(19)15(13)24-2/h7H,4-6H2,1-3H3,(H,22,23). The van der Waals surface area contributed by atoms with Crippen LogP contribution in [0.2, 0.25) is 0 Å². The molecule has 1 aromatic carbocycles. The van der Waals surface area contributed by atoms with E-state index in [1.807, 2.05) is 0 Å². The van der Waals surface area contributed by atoms with Crippen LogP contribution in [-0.4, -0.2) is 29.0 Å². The third-order valence-corrected chi connectivity index (χ3v) is 5.26. The first kappa shape index (κ1) is 17.7. The number of ether oxygens (including phenoxy) is 1. The number of aromatic carboxylic acids is 1. The van der Waals surface area contributed by atoms with Crippen LogP contribution in [-0.2, 0) is 6.54 Å². The van der Waals surface area contributed by atoms with E-state index in [2.05, 4.69) is 0 Å². The van der Waals surface area contributed by atoms with Crippen molar-refractivity contribution in [3.63, 3.8) is 0 Å². The summed E-state index contributed by atoms with van der Waals surface area (Å²) in [7, 11) is 1.20. The smallest absolute Gasteiger partial charge is 0.342 e. The summed E-state index contributed by atoms with van der Waals surface area (Å²) in [5, 5.41) is 9.63. The highest BCUT2D eigenvalue weighted by molar-refractivity contribution is 7.98. The lowest BCUT2D eigenvalue weighted by Gasteiger charge is -2.21. The molecule has 1 aromatic heterocycles. The molecule has 0 radical (unpaired) electrons. The number of benzene rings is 1. The summed E-state index contributed by atoms with van der Waals surface area (Å²) in [5.74, 6) is -4.30. The summed E-state index contributed by atoms with van der Waals surface area (Å²) in [5.41, 5.74) is -1.13. The van der Waals surface area contributed by atoms with E-state index in [0.29, 0.717) is 12.8 Å². The van der Waals surface area contributed by atoms with Crippen LogP contribution < -0.4 is 10.2 Å². The van der Waals surface area contributed by atoms with Crippen LogP contribution in [0.4, 0.5) is 8.78 Å². The second kappa shape index (κ2) is 6.33. The monoisotopic (exact) mass is 369 g/mol. The van der Waals surface area contributed by atoms with Crippen molar-refractivity contribution < 1.29 is 23.4 Å². The topological polar surface area (TPSA) is 68.5 Å². The van der Waals surface area contributed by atoms with Gasteiger partial charge in [-0.15, -0.1) is 11.8 Å². The maximum atomic E-state index is 14.6. The summed E-state index contributed by atoms with van der Waals surface area (Å²) in [6, 6.07) is 0. The van der Waals surface area contributed by atoms with Gasteiger partial charge in [-0.25, -0.2) is 9.18 Å². The molecule has 3 rings (SSSR count). The Morgan fingerprint density at radius 1 is 1.36 bits per heavy atom. The molecule has 0 aliphatic heterocycles. The molecule has 8 heteroatoms. The van der Waals surface area contributed by atoms with Crippen molar-refractivity contribution >= 4 is 28.6 Å². The number of aromatic nitrogens is 1. The van der Waals surface area contributed by atoms with Gasteiger partial charge in [0.15, 0.2) is 11.6 Å². The quantitative estimate of drug-likeness (QED) is 0.816. The van der Waals surface area contributed by atoms with Gasteiger partial charge in [-0.2, -0.15) is 4.39 Å². The minimum atomic E-state index is -1.39. The lowest BCUT2D eigenvalue weighted by Crippen LogP contribution is -2.24. The van der Waals surface area contributed by atoms with Gasteiger partial charge in [0.25, 0.3) is 0 Å². The number of aryl methyl sites for hydroxylation is 1. The van der Waals surface area contributed by atoms with E-state index in [-0.39, 0.29) is 39.7 Å². The zero-order valence-electron chi connectivity index (χ0n) is 14.0. The molecule has 1 heterocycles. The van der Waals surface area contributed by atoms with Gasteiger partial charge in [0.2, 0.25) is 11.2 Å². The van der Waals surface area contributed by atoms with Crippen LogP contribution in [0.5, 0.6) is 5.75 Å². The van der Waals surface area contributed by atoms with Crippen molar-refractivity contribution in [2.24, 2.45) is 0 Å². The van der Waals surface area contributed by atoms with Gasteiger partial charge in [-0.05, 0) is 31.9 Å². The Morgan fingerprint density at radius 2 is 2.00 bits per heavy atom. The lowest BCUT2D eigenvalue weighted by atomic mass is 9.99. The number of nitrogens with zero attached hydrogens (tertiary/aromatic N) is 1. The maximum Gasteiger partial charge on any atom is 0.342 e. The molecule has 5 nitrogen and oxygen atoms in total. The van der Waals surface area contributed by atoms with Gasteiger partial charge < -0.3 is 14.4 Å². The van der Waals surface area contributed by atoms with Gasteiger partial charge in [-0.3, -0.25) is 4.79 Å². The van der Waals surface area contributed by atoms with Crippen molar-refractivity contribution in [1.29, 1.82) is 0 Å². The van der Waals surface area contributed by atoms with Crippen molar-refractivity contribution in [3.8, 4) is 5.75 Å². The number of rotatable bonds is 5. The Bertz CT molecular complexity index is 951.